The van der Waals surface area contributed by atoms with Gasteiger partial charge >= 0.3 is 0 Å². The Labute approximate surface area is 175 Å². The van der Waals surface area contributed by atoms with Gasteiger partial charge in [-0.15, -0.1) is 0 Å². The molecule has 3 rings (SSSR count). The highest BCUT2D eigenvalue weighted by atomic mass is 35.5. The lowest BCUT2D eigenvalue weighted by atomic mass is 10.0. The summed E-state index contributed by atoms with van der Waals surface area (Å²) in [5, 5.41) is 1.39. The summed E-state index contributed by atoms with van der Waals surface area (Å²) in [4.78, 5) is 21.8. The van der Waals surface area contributed by atoms with Crippen LogP contribution in [0.4, 0.5) is 5.13 Å². The Morgan fingerprint density at radius 3 is 2.39 bits per heavy atom. The number of rotatable bonds is 6. The fourth-order valence-corrected chi connectivity index (χ4v) is 4.38. The summed E-state index contributed by atoms with van der Waals surface area (Å²) in [6.07, 6.45) is 0.358. The van der Waals surface area contributed by atoms with Crippen LogP contribution in [0.25, 0.3) is 10.2 Å². The van der Waals surface area contributed by atoms with E-state index in [1.807, 2.05) is 39.2 Å². The van der Waals surface area contributed by atoms with Crippen molar-refractivity contribution in [2.75, 3.05) is 32.1 Å². The van der Waals surface area contributed by atoms with E-state index in [1.54, 1.807) is 4.90 Å². The van der Waals surface area contributed by atoms with Crippen molar-refractivity contribution in [1.29, 1.82) is 0 Å². The molecule has 0 spiro atoms. The molecule has 0 saturated carbocycles. The number of amides is 1. The van der Waals surface area contributed by atoms with Crippen LogP contribution in [0.5, 0.6) is 0 Å². The van der Waals surface area contributed by atoms with Gasteiger partial charge in [-0.2, -0.15) is 0 Å². The lowest BCUT2D eigenvalue weighted by Gasteiger charge is -2.22. The van der Waals surface area contributed by atoms with Crippen molar-refractivity contribution in [3.63, 3.8) is 0 Å². The van der Waals surface area contributed by atoms with Gasteiger partial charge in [-0.25, -0.2) is 4.98 Å². The zero-order chi connectivity index (χ0) is 20.4. The molecule has 2 aromatic carbocycles. The molecule has 6 heteroatoms. The Morgan fingerprint density at radius 1 is 1.04 bits per heavy atom. The summed E-state index contributed by atoms with van der Waals surface area (Å²) in [5.74, 6) is 0.0536. The number of nitrogens with zero attached hydrogens (tertiary/aromatic N) is 3. The number of benzene rings is 2. The van der Waals surface area contributed by atoms with Crippen LogP contribution in [0.15, 0.2) is 30.3 Å². The topological polar surface area (TPSA) is 36.4 Å². The summed E-state index contributed by atoms with van der Waals surface area (Å²) < 4.78 is 0.936. The first kappa shape index (κ1) is 20.8. The summed E-state index contributed by atoms with van der Waals surface area (Å²) in [6.45, 7) is 7.53. The molecule has 0 unspecified atom stereocenters. The maximum Gasteiger partial charge on any atom is 0.233 e. The first-order chi connectivity index (χ1) is 13.3. The number of hydrogen-bond acceptors (Lipinski definition) is 4. The molecule has 0 saturated heterocycles. The van der Waals surface area contributed by atoms with E-state index in [2.05, 4.69) is 30.9 Å². The zero-order valence-corrected chi connectivity index (χ0v) is 18.6. The highest BCUT2D eigenvalue weighted by Crippen LogP contribution is 2.35. The first-order valence-corrected chi connectivity index (χ1v) is 10.5. The maximum atomic E-state index is 13.2. The van der Waals surface area contributed by atoms with Crippen LogP contribution in [0, 0.1) is 20.8 Å². The number of fused-ring (bicyclic) bond motifs is 1. The number of anilines is 1. The SMILES string of the molecule is Cc1ccc(CC(=O)N(CCN(C)C)c2nc3c(C)ccc(Cl)c3s2)cc1C. The van der Waals surface area contributed by atoms with Gasteiger partial charge in [0.1, 0.15) is 0 Å². The monoisotopic (exact) mass is 415 g/mol. The summed E-state index contributed by atoms with van der Waals surface area (Å²) in [6, 6.07) is 10.1. The Morgan fingerprint density at radius 2 is 1.75 bits per heavy atom. The number of aryl methyl sites for hydroxylation is 3. The number of hydrogen-bond donors (Lipinski definition) is 0. The van der Waals surface area contributed by atoms with E-state index in [9.17, 15) is 4.79 Å². The van der Waals surface area contributed by atoms with Gasteiger partial charge < -0.3 is 4.90 Å². The number of carbonyl (C=O) groups is 1. The van der Waals surface area contributed by atoms with E-state index in [0.717, 1.165) is 27.9 Å². The molecule has 1 aromatic heterocycles. The number of carbonyl (C=O) groups excluding carboxylic acids is 1. The molecule has 3 aromatic rings. The van der Waals surface area contributed by atoms with Crippen molar-refractivity contribution in [1.82, 2.24) is 9.88 Å². The van der Waals surface area contributed by atoms with Crippen LogP contribution in [0.1, 0.15) is 22.3 Å². The molecule has 148 valence electrons. The van der Waals surface area contributed by atoms with Gasteiger partial charge in [0.05, 0.1) is 21.7 Å². The lowest BCUT2D eigenvalue weighted by molar-refractivity contribution is -0.118. The van der Waals surface area contributed by atoms with E-state index in [-0.39, 0.29) is 5.91 Å². The van der Waals surface area contributed by atoms with E-state index in [0.29, 0.717) is 23.1 Å². The van der Waals surface area contributed by atoms with Crippen molar-refractivity contribution in [3.8, 4) is 0 Å². The number of likely N-dealkylation sites (N-methyl/N-ethyl adjacent to an activating group) is 1. The lowest BCUT2D eigenvalue weighted by Crippen LogP contribution is -2.37. The maximum absolute atomic E-state index is 13.2. The van der Waals surface area contributed by atoms with Crippen LogP contribution >= 0.6 is 22.9 Å². The predicted octanol–water partition coefficient (Wildman–Crippen LogP) is 5.01. The van der Waals surface area contributed by atoms with E-state index in [4.69, 9.17) is 16.6 Å². The van der Waals surface area contributed by atoms with E-state index < -0.39 is 0 Å². The molecule has 0 atom stereocenters. The van der Waals surface area contributed by atoms with Gasteiger partial charge in [0.2, 0.25) is 5.91 Å². The van der Waals surface area contributed by atoms with Gasteiger partial charge in [-0.05, 0) is 63.2 Å². The molecule has 1 heterocycles. The standard InChI is InChI=1S/C22H26ClN3OS/c1-14-6-8-17(12-16(14)3)13-19(27)26(11-10-25(4)5)22-24-20-15(2)7-9-18(23)21(20)28-22/h6-9,12H,10-11,13H2,1-5H3. The van der Waals surface area contributed by atoms with Crippen LogP contribution < -0.4 is 4.90 Å². The van der Waals surface area contributed by atoms with Crippen molar-refractivity contribution in [2.24, 2.45) is 0 Å². The van der Waals surface area contributed by atoms with Gasteiger partial charge in [-0.3, -0.25) is 9.69 Å². The zero-order valence-electron chi connectivity index (χ0n) is 17.0. The largest absolute Gasteiger partial charge is 0.308 e. The molecule has 0 bridgehead atoms. The molecule has 4 nitrogen and oxygen atoms in total. The molecule has 28 heavy (non-hydrogen) atoms. The van der Waals surface area contributed by atoms with E-state index in [1.165, 1.54) is 22.5 Å². The number of thiazole rings is 1. The van der Waals surface area contributed by atoms with Crippen LogP contribution in [0.2, 0.25) is 5.02 Å². The number of halogens is 1. The van der Waals surface area contributed by atoms with Crippen molar-refractivity contribution in [3.05, 3.63) is 57.6 Å². The second-order valence-corrected chi connectivity index (χ2v) is 8.87. The second-order valence-electron chi connectivity index (χ2n) is 7.48. The highest BCUT2D eigenvalue weighted by molar-refractivity contribution is 7.23. The molecule has 0 fully saturated rings. The summed E-state index contributed by atoms with van der Waals surface area (Å²) in [7, 11) is 4.01. The van der Waals surface area contributed by atoms with Gasteiger partial charge in [0.25, 0.3) is 0 Å². The third-order valence-corrected chi connectivity index (χ3v) is 6.45. The molecule has 0 aliphatic heterocycles. The van der Waals surface area contributed by atoms with Crippen molar-refractivity contribution < 1.29 is 4.79 Å². The van der Waals surface area contributed by atoms with Crippen LogP contribution in [-0.4, -0.2) is 43.0 Å². The van der Waals surface area contributed by atoms with Gasteiger partial charge in [0, 0.05) is 13.1 Å². The third kappa shape index (κ3) is 4.54. The quantitative estimate of drug-likeness (QED) is 0.567. The Bertz CT molecular complexity index is 973. The highest BCUT2D eigenvalue weighted by Gasteiger charge is 2.21. The van der Waals surface area contributed by atoms with E-state index >= 15 is 0 Å². The molecule has 0 radical (unpaired) electrons. The molecule has 1 amide bonds. The minimum absolute atomic E-state index is 0.0536. The number of aromatic nitrogens is 1. The fraction of sp³-hybridized carbons (Fsp3) is 0.364. The van der Waals surface area contributed by atoms with Crippen molar-refractivity contribution >= 4 is 44.2 Å². The molecule has 0 aliphatic carbocycles. The first-order valence-electron chi connectivity index (χ1n) is 9.33. The van der Waals surface area contributed by atoms with Gasteiger partial charge in [0.15, 0.2) is 5.13 Å². The molecule has 0 aliphatic rings. The van der Waals surface area contributed by atoms with Crippen molar-refractivity contribution in [2.45, 2.75) is 27.2 Å². The normalized spacial score (nSPS) is 11.4. The van der Waals surface area contributed by atoms with Crippen LogP contribution in [-0.2, 0) is 11.2 Å². The summed E-state index contributed by atoms with van der Waals surface area (Å²) >= 11 is 7.86. The Balaban J connectivity index is 1.94. The molecular weight excluding hydrogens is 390 g/mol. The minimum Gasteiger partial charge on any atom is -0.308 e. The molecule has 0 N–H and O–H groups in total. The molecular formula is C22H26ClN3OS. The predicted molar refractivity (Wildman–Crippen MR) is 120 cm³/mol. The average molecular weight is 416 g/mol. The Kier molecular flexibility index (Phi) is 6.38. The smallest absolute Gasteiger partial charge is 0.233 e. The van der Waals surface area contributed by atoms with Crippen LogP contribution in [0.3, 0.4) is 0 Å². The minimum atomic E-state index is 0.0536. The fourth-order valence-electron chi connectivity index (χ4n) is 3.02. The second kappa shape index (κ2) is 8.60. The third-order valence-electron chi connectivity index (χ3n) is 4.92. The summed E-state index contributed by atoms with van der Waals surface area (Å²) in [5.41, 5.74) is 5.40. The van der Waals surface area contributed by atoms with Gasteiger partial charge in [-0.1, -0.05) is 47.2 Å². The average Bonchev–Trinajstić information content (AvgIpc) is 3.08. The Hall–Kier alpha value is -1.95.